The van der Waals surface area contributed by atoms with Crippen LogP contribution in [0, 0.1) is 4.91 Å². The molecule has 1 saturated heterocycles. The van der Waals surface area contributed by atoms with Gasteiger partial charge in [0.2, 0.25) is 0 Å². The number of nitroso groups, excluding NO2 is 1. The third-order valence-corrected chi connectivity index (χ3v) is 2.52. The first kappa shape index (κ1) is 13.9. The number of esters is 2. The summed E-state index contributed by atoms with van der Waals surface area (Å²) in [5.41, 5.74) is -1.01. The molecule has 0 amide bonds. The van der Waals surface area contributed by atoms with Crippen LogP contribution in [0.4, 0.5) is 0 Å². The molecule has 1 rings (SSSR count). The average Bonchev–Trinajstić information content (AvgIpc) is 2.21. The van der Waals surface area contributed by atoms with Crippen molar-refractivity contribution in [3.8, 4) is 0 Å². The molecule has 0 aromatic rings. The summed E-state index contributed by atoms with van der Waals surface area (Å²) in [4.78, 5) is 32.4. The monoisotopic (exact) mass is 265 g/mol. The van der Waals surface area contributed by atoms with E-state index in [1.54, 1.807) is 0 Å². The van der Waals surface area contributed by atoms with Crippen LogP contribution in [0.5, 0.6) is 0 Å². The Bertz CT molecular complexity index is 323. The third kappa shape index (κ3) is 3.64. The summed E-state index contributed by atoms with van der Waals surface area (Å²) in [6.07, 6.45) is -1.90. The van der Waals surface area contributed by atoms with Crippen molar-refractivity contribution >= 4 is 23.5 Å². The first-order valence-corrected chi connectivity index (χ1v) is 5.32. The molecule has 1 aliphatic heterocycles. The van der Waals surface area contributed by atoms with Gasteiger partial charge in [-0.15, -0.1) is 0 Å². The number of hydrogen-bond acceptors (Lipinski definition) is 7. The molecule has 0 radical (unpaired) electrons. The standard InChI is InChI=1S/C9H12ClNO6/c1-4(12)16-6-3-15-9(10)7(11-14)8(6)17-5(2)13/h6-9H,3H2,1-2H3/t6-,7-,8+,9+/m1/s1. The molecule has 96 valence electrons. The minimum absolute atomic E-state index is 0.0578. The maximum absolute atomic E-state index is 10.9. The Balaban J connectivity index is 2.83. The average molecular weight is 266 g/mol. The maximum atomic E-state index is 10.9. The van der Waals surface area contributed by atoms with E-state index in [9.17, 15) is 14.5 Å². The van der Waals surface area contributed by atoms with Gasteiger partial charge in [0.25, 0.3) is 0 Å². The second-order valence-corrected chi connectivity index (χ2v) is 3.93. The van der Waals surface area contributed by atoms with E-state index in [-0.39, 0.29) is 6.61 Å². The van der Waals surface area contributed by atoms with Gasteiger partial charge in [-0.25, -0.2) is 0 Å². The van der Waals surface area contributed by atoms with Crippen molar-refractivity contribution in [3.05, 3.63) is 4.91 Å². The van der Waals surface area contributed by atoms with Gasteiger partial charge in [-0.1, -0.05) is 16.8 Å². The highest BCUT2D eigenvalue weighted by Gasteiger charge is 2.45. The van der Waals surface area contributed by atoms with E-state index in [0.29, 0.717) is 0 Å². The Morgan fingerprint density at radius 2 is 1.88 bits per heavy atom. The summed E-state index contributed by atoms with van der Waals surface area (Å²) in [6.45, 7) is 2.31. The van der Waals surface area contributed by atoms with Crippen LogP contribution < -0.4 is 0 Å². The number of alkyl halides is 1. The topological polar surface area (TPSA) is 91.3 Å². The Morgan fingerprint density at radius 3 is 2.35 bits per heavy atom. The Kier molecular flexibility index (Phi) is 4.83. The lowest BCUT2D eigenvalue weighted by molar-refractivity contribution is -0.185. The summed E-state index contributed by atoms with van der Waals surface area (Å²) in [6, 6.07) is -1.11. The molecular weight excluding hydrogens is 254 g/mol. The van der Waals surface area contributed by atoms with Crippen LogP contribution in [0.2, 0.25) is 0 Å². The Morgan fingerprint density at radius 1 is 1.29 bits per heavy atom. The van der Waals surface area contributed by atoms with E-state index in [1.807, 2.05) is 0 Å². The SMILES string of the molecule is CC(=O)O[C@@H]1[C@@H](N=O)[C@@H](Cl)OC[C@H]1OC(C)=O. The van der Waals surface area contributed by atoms with Crippen LogP contribution in [0.3, 0.4) is 0 Å². The molecular formula is C9H12ClNO6. The number of ether oxygens (including phenoxy) is 3. The van der Waals surface area contributed by atoms with Gasteiger partial charge in [-0.05, 0) is 0 Å². The summed E-state index contributed by atoms with van der Waals surface area (Å²) in [5, 5.41) is 2.75. The molecule has 0 aliphatic carbocycles. The zero-order valence-corrected chi connectivity index (χ0v) is 10.0. The fourth-order valence-electron chi connectivity index (χ4n) is 1.51. The van der Waals surface area contributed by atoms with Gasteiger partial charge in [0.15, 0.2) is 23.8 Å². The largest absolute Gasteiger partial charge is 0.456 e. The lowest BCUT2D eigenvalue weighted by atomic mass is 10.0. The van der Waals surface area contributed by atoms with Gasteiger partial charge in [0, 0.05) is 13.8 Å². The van der Waals surface area contributed by atoms with Crippen LogP contribution in [0.1, 0.15) is 13.8 Å². The van der Waals surface area contributed by atoms with Gasteiger partial charge >= 0.3 is 11.9 Å². The smallest absolute Gasteiger partial charge is 0.303 e. The summed E-state index contributed by atoms with van der Waals surface area (Å²) in [7, 11) is 0. The first-order valence-electron chi connectivity index (χ1n) is 4.88. The molecule has 1 fully saturated rings. The molecule has 4 atom stereocenters. The number of rotatable bonds is 3. The second kappa shape index (κ2) is 5.92. The van der Waals surface area contributed by atoms with Crippen LogP contribution in [-0.4, -0.2) is 42.4 Å². The molecule has 0 bridgehead atoms. The summed E-state index contributed by atoms with van der Waals surface area (Å²) in [5.74, 6) is -1.19. The minimum Gasteiger partial charge on any atom is -0.456 e. The van der Waals surface area contributed by atoms with Crippen LogP contribution in [0.25, 0.3) is 0 Å². The molecule has 0 N–H and O–H groups in total. The number of hydrogen-bond donors (Lipinski definition) is 0. The van der Waals surface area contributed by atoms with Gasteiger partial charge in [-0.2, -0.15) is 4.91 Å². The molecule has 7 nitrogen and oxygen atoms in total. The molecule has 1 heterocycles. The fourth-order valence-corrected chi connectivity index (χ4v) is 1.77. The molecule has 0 aromatic heterocycles. The molecule has 0 aromatic carbocycles. The van der Waals surface area contributed by atoms with Crippen molar-refractivity contribution in [2.75, 3.05) is 6.61 Å². The van der Waals surface area contributed by atoms with Crippen LogP contribution in [0.15, 0.2) is 5.18 Å². The van der Waals surface area contributed by atoms with Crippen molar-refractivity contribution in [1.82, 2.24) is 0 Å². The molecule has 17 heavy (non-hydrogen) atoms. The predicted molar refractivity (Wildman–Crippen MR) is 56.3 cm³/mol. The lowest BCUT2D eigenvalue weighted by Gasteiger charge is -2.35. The summed E-state index contributed by atoms with van der Waals surface area (Å²) < 4.78 is 14.8. The van der Waals surface area contributed by atoms with E-state index >= 15 is 0 Å². The van der Waals surface area contributed by atoms with Crippen molar-refractivity contribution in [1.29, 1.82) is 0 Å². The van der Waals surface area contributed by atoms with Crippen molar-refractivity contribution < 1.29 is 23.8 Å². The van der Waals surface area contributed by atoms with Gasteiger partial charge in [0.05, 0.1) is 6.61 Å². The zero-order chi connectivity index (χ0) is 13.0. The quantitative estimate of drug-likeness (QED) is 0.421. The lowest BCUT2D eigenvalue weighted by Crippen LogP contribution is -2.53. The molecule has 0 unspecified atom stereocenters. The molecule has 8 heteroatoms. The number of halogens is 1. The molecule has 0 saturated carbocycles. The van der Waals surface area contributed by atoms with Crippen LogP contribution >= 0.6 is 11.6 Å². The number of carbonyl (C=O) groups is 2. The van der Waals surface area contributed by atoms with E-state index in [2.05, 4.69) is 5.18 Å². The normalized spacial score (nSPS) is 32.6. The molecule has 0 spiro atoms. The van der Waals surface area contributed by atoms with E-state index in [1.165, 1.54) is 13.8 Å². The van der Waals surface area contributed by atoms with Gasteiger partial charge in [0.1, 0.15) is 0 Å². The third-order valence-electron chi connectivity index (χ3n) is 2.13. The molecule has 1 aliphatic rings. The fraction of sp³-hybridized carbons (Fsp3) is 0.778. The van der Waals surface area contributed by atoms with Gasteiger partial charge < -0.3 is 14.2 Å². The number of carbonyl (C=O) groups excluding carboxylic acids is 2. The van der Waals surface area contributed by atoms with Crippen molar-refractivity contribution in [2.24, 2.45) is 5.18 Å². The second-order valence-electron chi connectivity index (χ2n) is 3.50. The first-order chi connectivity index (χ1) is 7.95. The maximum Gasteiger partial charge on any atom is 0.303 e. The predicted octanol–water partition coefficient (Wildman–Crippen LogP) is 0.580. The van der Waals surface area contributed by atoms with E-state index < -0.39 is 35.8 Å². The van der Waals surface area contributed by atoms with Gasteiger partial charge in [-0.3, -0.25) is 9.59 Å². The Labute approximate surface area is 102 Å². The van der Waals surface area contributed by atoms with Crippen LogP contribution in [-0.2, 0) is 23.8 Å². The highest BCUT2D eigenvalue weighted by molar-refractivity contribution is 6.20. The van der Waals surface area contributed by atoms with E-state index in [0.717, 1.165) is 0 Å². The van der Waals surface area contributed by atoms with Crippen molar-refractivity contribution in [2.45, 2.75) is 37.7 Å². The minimum atomic E-state index is -1.11. The summed E-state index contributed by atoms with van der Waals surface area (Å²) >= 11 is 5.72. The zero-order valence-electron chi connectivity index (χ0n) is 9.29. The van der Waals surface area contributed by atoms with Crippen molar-refractivity contribution in [3.63, 3.8) is 0 Å². The highest BCUT2D eigenvalue weighted by Crippen LogP contribution is 2.25. The number of nitrogens with zero attached hydrogens (tertiary/aromatic N) is 1. The highest BCUT2D eigenvalue weighted by atomic mass is 35.5. The Hall–Kier alpha value is -1.21. The van der Waals surface area contributed by atoms with E-state index in [4.69, 9.17) is 25.8 Å².